The molecule has 0 aromatic heterocycles. The van der Waals surface area contributed by atoms with Crippen molar-refractivity contribution >= 4 is 17.6 Å². The van der Waals surface area contributed by atoms with E-state index in [0.29, 0.717) is 25.1 Å². The summed E-state index contributed by atoms with van der Waals surface area (Å²) in [5, 5.41) is 4.96. The molecule has 0 spiro atoms. The summed E-state index contributed by atoms with van der Waals surface area (Å²) in [5.41, 5.74) is -1.54. The lowest BCUT2D eigenvalue weighted by Crippen LogP contribution is -2.42. The third-order valence-electron chi connectivity index (χ3n) is 6.46. The number of anilines is 1. The summed E-state index contributed by atoms with van der Waals surface area (Å²) in [5.74, 6) is -0.300. The first-order valence-corrected chi connectivity index (χ1v) is 13.0. The van der Waals surface area contributed by atoms with E-state index in [1.807, 2.05) is 60.7 Å². The Morgan fingerprint density at radius 3 is 1.71 bits per heavy atom. The van der Waals surface area contributed by atoms with Crippen LogP contribution in [0.15, 0.2) is 78.9 Å². The summed E-state index contributed by atoms with van der Waals surface area (Å²) in [6, 6.07) is 19.1. The summed E-state index contributed by atoms with van der Waals surface area (Å²) < 4.78 is 79.1. The maximum atomic E-state index is 13.2. The Morgan fingerprint density at radius 2 is 1.27 bits per heavy atom. The fourth-order valence-corrected chi connectivity index (χ4v) is 4.38. The molecule has 0 aliphatic heterocycles. The van der Waals surface area contributed by atoms with Gasteiger partial charge in [0.15, 0.2) is 0 Å². The second-order valence-electron chi connectivity index (χ2n) is 9.77. The zero-order valence-electron chi connectivity index (χ0n) is 22.5. The van der Waals surface area contributed by atoms with E-state index < -0.39 is 41.2 Å². The topological polar surface area (TPSA) is 61.4 Å². The van der Waals surface area contributed by atoms with Crippen molar-refractivity contribution in [3.63, 3.8) is 0 Å². The highest BCUT2D eigenvalue weighted by Gasteiger charge is 2.37. The number of amides is 3. The van der Waals surface area contributed by atoms with Crippen molar-refractivity contribution < 1.29 is 35.9 Å². The van der Waals surface area contributed by atoms with Crippen LogP contribution in [-0.4, -0.2) is 36.0 Å². The maximum Gasteiger partial charge on any atom is 0.416 e. The zero-order chi connectivity index (χ0) is 30.2. The van der Waals surface area contributed by atoms with Gasteiger partial charge in [-0.2, -0.15) is 26.3 Å². The second kappa shape index (κ2) is 13.6. The van der Waals surface area contributed by atoms with Gasteiger partial charge in [0, 0.05) is 37.2 Å². The molecule has 0 atom stereocenters. The molecule has 3 aromatic rings. The Bertz CT molecular complexity index is 1220. The van der Waals surface area contributed by atoms with Gasteiger partial charge in [0.2, 0.25) is 5.91 Å². The molecule has 0 bridgehead atoms. The Labute approximate surface area is 234 Å². The van der Waals surface area contributed by atoms with Crippen LogP contribution < -0.4 is 10.6 Å². The van der Waals surface area contributed by atoms with Crippen LogP contribution in [0.1, 0.15) is 54.9 Å². The number of benzene rings is 3. The Kier molecular flexibility index (Phi) is 10.4. The first-order chi connectivity index (χ1) is 19.3. The molecule has 220 valence electrons. The molecule has 3 amide bonds. The summed E-state index contributed by atoms with van der Waals surface area (Å²) >= 11 is 0. The molecule has 0 saturated heterocycles. The van der Waals surface area contributed by atoms with Crippen molar-refractivity contribution in [2.45, 2.75) is 51.0 Å². The number of nitrogens with one attached hydrogen (secondary N) is 2. The second-order valence-corrected chi connectivity index (χ2v) is 9.77. The highest BCUT2D eigenvalue weighted by atomic mass is 19.4. The standard InChI is InChI=1S/C30H31F6N3O2/c1-20(2)39(28(41)38-25-18-23(29(31,32)33)17-24(19-25)30(34,35)36)16-14-27(40)37-15-13-26(21-9-5-3-6-10-21)22-11-7-4-8-12-22/h3-12,17-20,26H,13-16H2,1-2H3,(H,37,40)(H,38,41). The average molecular weight is 580 g/mol. The molecule has 0 aliphatic rings. The van der Waals surface area contributed by atoms with Gasteiger partial charge in [-0.15, -0.1) is 0 Å². The van der Waals surface area contributed by atoms with E-state index >= 15 is 0 Å². The predicted octanol–water partition coefficient (Wildman–Crippen LogP) is 7.70. The van der Waals surface area contributed by atoms with Crippen molar-refractivity contribution in [1.29, 1.82) is 0 Å². The molecule has 11 heteroatoms. The molecule has 0 aliphatic carbocycles. The SMILES string of the molecule is CC(C)N(CCC(=O)NCCC(c1ccccc1)c1ccccc1)C(=O)Nc1cc(C(F)(F)F)cc(C(F)(F)F)c1. The monoisotopic (exact) mass is 579 g/mol. The number of rotatable bonds is 10. The van der Waals surface area contributed by atoms with Crippen molar-refractivity contribution in [2.75, 3.05) is 18.4 Å². The lowest BCUT2D eigenvalue weighted by Gasteiger charge is -2.27. The fraction of sp³-hybridized carbons (Fsp3) is 0.333. The van der Waals surface area contributed by atoms with Crippen LogP contribution in [0.5, 0.6) is 0 Å². The number of nitrogens with zero attached hydrogens (tertiary/aromatic N) is 1. The molecular formula is C30H31F6N3O2. The van der Waals surface area contributed by atoms with Crippen LogP contribution in [0.3, 0.4) is 0 Å². The fourth-order valence-electron chi connectivity index (χ4n) is 4.38. The van der Waals surface area contributed by atoms with E-state index in [1.54, 1.807) is 13.8 Å². The summed E-state index contributed by atoms with van der Waals surface area (Å²) in [6.07, 6.45) is -9.58. The largest absolute Gasteiger partial charge is 0.416 e. The number of carbonyl (C=O) groups is 2. The number of alkyl halides is 6. The van der Waals surface area contributed by atoms with E-state index in [2.05, 4.69) is 10.6 Å². The Balaban J connectivity index is 1.61. The Hall–Kier alpha value is -4.02. The molecule has 2 N–H and O–H groups in total. The van der Waals surface area contributed by atoms with Gasteiger partial charge < -0.3 is 15.5 Å². The van der Waals surface area contributed by atoms with Gasteiger partial charge in [0.1, 0.15) is 0 Å². The molecular weight excluding hydrogens is 548 g/mol. The predicted molar refractivity (Wildman–Crippen MR) is 144 cm³/mol. The maximum absolute atomic E-state index is 13.2. The van der Waals surface area contributed by atoms with Gasteiger partial charge in [-0.1, -0.05) is 60.7 Å². The van der Waals surface area contributed by atoms with E-state index in [4.69, 9.17) is 0 Å². The number of hydrogen-bond donors (Lipinski definition) is 2. The van der Waals surface area contributed by atoms with Crippen LogP contribution in [0.25, 0.3) is 0 Å². The van der Waals surface area contributed by atoms with Gasteiger partial charge in [-0.05, 0) is 49.6 Å². The summed E-state index contributed by atoms with van der Waals surface area (Å²) in [7, 11) is 0. The minimum Gasteiger partial charge on any atom is -0.356 e. The normalized spacial score (nSPS) is 12.0. The molecule has 0 saturated carbocycles. The molecule has 3 rings (SSSR count). The van der Waals surface area contributed by atoms with Crippen LogP contribution in [-0.2, 0) is 17.1 Å². The number of halogens is 6. The first kappa shape index (κ1) is 31.5. The van der Waals surface area contributed by atoms with E-state index in [1.165, 1.54) is 4.90 Å². The van der Waals surface area contributed by atoms with Gasteiger partial charge in [0.05, 0.1) is 11.1 Å². The van der Waals surface area contributed by atoms with Crippen LogP contribution in [0, 0.1) is 0 Å². The van der Waals surface area contributed by atoms with E-state index in [9.17, 15) is 35.9 Å². The molecule has 41 heavy (non-hydrogen) atoms. The quantitative estimate of drug-likeness (QED) is 0.242. The third kappa shape index (κ3) is 9.26. The van der Waals surface area contributed by atoms with E-state index in [-0.39, 0.29) is 30.9 Å². The third-order valence-corrected chi connectivity index (χ3v) is 6.46. The molecule has 0 fully saturated rings. The van der Waals surface area contributed by atoms with E-state index in [0.717, 1.165) is 11.1 Å². The van der Waals surface area contributed by atoms with Crippen molar-refractivity contribution in [3.05, 3.63) is 101 Å². The highest BCUT2D eigenvalue weighted by molar-refractivity contribution is 5.90. The lowest BCUT2D eigenvalue weighted by molar-refractivity contribution is -0.143. The lowest BCUT2D eigenvalue weighted by atomic mass is 9.88. The minimum absolute atomic E-state index is 0.0135. The molecule has 0 unspecified atom stereocenters. The van der Waals surface area contributed by atoms with Gasteiger partial charge in [-0.3, -0.25) is 4.79 Å². The van der Waals surface area contributed by atoms with Crippen molar-refractivity contribution in [3.8, 4) is 0 Å². The van der Waals surface area contributed by atoms with Crippen molar-refractivity contribution in [1.82, 2.24) is 10.2 Å². The number of urea groups is 1. The van der Waals surface area contributed by atoms with Crippen LogP contribution in [0.2, 0.25) is 0 Å². The zero-order valence-corrected chi connectivity index (χ0v) is 22.5. The van der Waals surface area contributed by atoms with Crippen LogP contribution in [0.4, 0.5) is 36.8 Å². The molecule has 0 heterocycles. The Morgan fingerprint density at radius 1 is 0.780 bits per heavy atom. The molecule has 5 nitrogen and oxygen atoms in total. The number of carbonyl (C=O) groups excluding carboxylic acids is 2. The van der Waals surface area contributed by atoms with Gasteiger partial charge in [-0.25, -0.2) is 4.79 Å². The van der Waals surface area contributed by atoms with Crippen LogP contribution >= 0.6 is 0 Å². The average Bonchev–Trinajstić information content (AvgIpc) is 2.91. The first-order valence-electron chi connectivity index (χ1n) is 13.0. The van der Waals surface area contributed by atoms with Gasteiger partial charge >= 0.3 is 18.4 Å². The van der Waals surface area contributed by atoms with Crippen molar-refractivity contribution in [2.24, 2.45) is 0 Å². The summed E-state index contributed by atoms with van der Waals surface area (Å²) in [6.45, 7) is 3.50. The molecule has 0 radical (unpaired) electrons. The smallest absolute Gasteiger partial charge is 0.356 e. The number of hydrogen-bond acceptors (Lipinski definition) is 2. The summed E-state index contributed by atoms with van der Waals surface area (Å²) in [4.78, 5) is 26.6. The highest BCUT2D eigenvalue weighted by Crippen LogP contribution is 2.37. The van der Waals surface area contributed by atoms with Gasteiger partial charge in [0.25, 0.3) is 0 Å². The minimum atomic E-state index is -5.05. The molecule has 3 aromatic carbocycles.